The van der Waals surface area contributed by atoms with Crippen LogP contribution in [-0.2, 0) is 4.79 Å². The largest absolute Gasteiger partial charge is 0.481 e. The van der Waals surface area contributed by atoms with Crippen LogP contribution >= 0.6 is 0 Å². The van der Waals surface area contributed by atoms with E-state index in [0.717, 1.165) is 0 Å². The number of nitrogens with one attached hydrogen (secondary N) is 1. The van der Waals surface area contributed by atoms with E-state index >= 15 is 0 Å². The second-order valence-electron chi connectivity index (χ2n) is 3.31. The number of hydrogen-bond donors (Lipinski definition) is 2. The van der Waals surface area contributed by atoms with Crippen LogP contribution in [0.1, 0.15) is 12.5 Å². The Hall–Kier alpha value is -1.78. The Kier molecular flexibility index (Phi) is 1.99. The molecule has 0 bridgehead atoms. The fourth-order valence-corrected chi connectivity index (χ4v) is 1.66. The van der Waals surface area contributed by atoms with E-state index in [1.54, 1.807) is 24.5 Å². The number of imidazole rings is 1. The summed E-state index contributed by atoms with van der Waals surface area (Å²) in [5.74, 6) is -1.31. The van der Waals surface area contributed by atoms with Gasteiger partial charge in [0.2, 0.25) is 0 Å². The first-order valence-electron chi connectivity index (χ1n) is 4.35. The number of H-pyrrole nitrogens is 1. The lowest BCUT2D eigenvalue weighted by Crippen LogP contribution is -2.21. The molecule has 0 fully saturated rings. The Morgan fingerprint density at radius 2 is 2.36 bits per heavy atom. The molecule has 1 heterocycles. The van der Waals surface area contributed by atoms with Crippen molar-refractivity contribution in [3.8, 4) is 0 Å². The second-order valence-corrected chi connectivity index (χ2v) is 3.31. The summed E-state index contributed by atoms with van der Waals surface area (Å²) in [7, 11) is 0. The van der Waals surface area contributed by atoms with Gasteiger partial charge < -0.3 is 10.1 Å². The van der Waals surface area contributed by atoms with Crippen LogP contribution in [0.15, 0.2) is 29.3 Å². The molecule has 0 aliphatic heterocycles. The van der Waals surface area contributed by atoms with E-state index in [1.807, 2.05) is 0 Å². The molecule has 2 N–H and O–H groups in total. The van der Waals surface area contributed by atoms with E-state index in [2.05, 4.69) is 4.98 Å². The molecule has 1 aliphatic rings. The van der Waals surface area contributed by atoms with Crippen LogP contribution in [0.3, 0.4) is 0 Å². The zero-order valence-electron chi connectivity index (χ0n) is 7.38. The molecular formula is C9H10N2O3. The van der Waals surface area contributed by atoms with E-state index in [1.165, 1.54) is 4.57 Å². The average molecular weight is 194 g/mol. The molecule has 0 amide bonds. The van der Waals surface area contributed by atoms with Crippen LogP contribution in [0.25, 0.3) is 0 Å². The molecule has 1 aromatic heterocycles. The predicted molar refractivity (Wildman–Crippen MR) is 49.0 cm³/mol. The second kappa shape index (κ2) is 3.17. The molecule has 5 nitrogen and oxygen atoms in total. The van der Waals surface area contributed by atoms with Gasteiger partial charge >= 0.3 is 11.7 Å². The van der Waals surface area contributed by atoms with Crippen LogP contribution in [-0.4, -0.2) is 20.6 Å². The summed E-state index contributed by atoms with van der Waals surface area (Å²) < 4.78 is 1.50. The minimum Gasteiger partial charge on any atom is -0.481 e. The van der Waals surface area contributed by atoms with Crippen molar-refractivity contribution >= 4 is 5.97 Å². The van der Waals surface area contributed by atoms with Crippen molar-refractivity contribution in [2.45, 2.75) is 12.5 Å². The van der Waals surface area contributed by atoms with E-state index in [0.29, 0.717) is 6.42 Å². The van der Waals surface area contributed by atoms with Crippen LogP contribution < -0.4 is 5.69 Å². The third kappa shape index (κ3) is 1.37. The third-order valence-corrected chi connectivity index (χ3v) is 2.41. The van der Waals surface area contributed by atoms with Crippen LogP contribution in [0, 0.1) is 5.92 Å². The summed E-state index contributed by atoms with van der Waals surface area (Å²) in [4.78, 5) is 24.4. The van der Waals surface area contributed by atoms with Crippen LogP contribution in [0.2, 0.25) is 0 Å². The van der Waals surface area contributed by atoms with Gasteiger partial charge in [0, 0.05) is 12.4 Å². The van der Waals surface area contributed by atoms with Gasteiger partial charge in [0.05, 0.1) is 12.0 Å². The van der Waals surface area contributed by atoms with E-state index in [4.69, 9.17) is 5.11 Å². The minimum absolute atomic E-state index is 0.130. The Morgan fingerprint density at radius 1 is 1.57 bits per heavy atom. The van der Waals surface area contributed by atoms with E-state index in [9.17, 15) is 9.59 Å². The predicted octanol–water partition coefficient (Wildman–Crippen LogP) is 0.378. The number of carboxylic acid groups (broad SMARTS) is 1. The number of rotatable bonds is 2. The highest BCUT2D eigenvalue weighted by molar-refractivity contribution is 5.72. The van der Waals surface area contributed by atoms with Crippen LogP contribution in [0.4, 0.5) is 0 Å². The van der Waals surface area contributed by atoms with E-state index in [-0.39, 0.29) is 11.7 Å². The molecule has 2 unspecified atom stereocenters. The molecule has 0 radical (unpaired) electrons. The number of allylic oxidation sites excluding steroid dienone is 1. The van der Waals surface area contributed by atoms with Gasteiger partial charge in [0.1, 0.15) is 0 Å². The van der Waals surface area contributed by atoms with Crippen molar-refractivity contribution in [3.05, 3.63) is 35.0 Å². The lowest BCUT2D eigenvalue weighted by atomic mass is 10.1. The number of carbonyl (C=O) groups is 1. The standard InChI is InChI=1S/C9H10N2O3/c12-8(13)6-1-2-7(5-6)11-4-3-10-9(11)14/h1-4,6-7H,5H2,(H,10,14)(H,12,13). The molecule has 74 valence electrons. The van der Waals surface area contributed by atoms with Crippen molar-refractivity contribution in [1.82, 2.24) is 9.55 Å². The quantitative estimate of drug-likeness (QED) is 0.668. The monoisotopic (exact) mass is 194 g/mol. The number of aromatic amines is 1. The van der Waals surface area contributed by atoms with Gasteiger partial charge in [0.15, 0.2) is 0 Å². The highest BCUT2D eigenvalue weighted by Crippen LogP contribution is 2.26. The van der Waals surface area contributed by atoms with Gasteiger partial charge in [-0.25, -0.2) is 4.79 Å². The molecule has 14 heavy (non-hydrogen) atoms. The van der Waals surface area contributed by atoms with Crippen molar-refractivity contribution in [2.24, 2.45) is 5.92 Å². The van der Waals surface area contributed by atoms with Crippen molar-refractivity contribution in [3.63, 3.8) is 0 Å². The van der Waals surface area contributed by atoms with Crippen molar-refractivity contribution in [2.75, 3.05) is 0 Å². The SMILES string of the molecule is O=C(O)C1C=CC(n2cc[nH]c2=O)C1. The molecule has 1 aromatic rings. The van der Waals surface area contributed by atoms with Gasteiger partial charge in [-0.2, -0.15) is 0 Å². The van der Waals surface area contributed by atoms with Gasteiger partial charge in [0.25, 0.3) is 0 Å². The minimum atomic E-state index is -0.840. The normalized spacial score (nSPS) is 25.4. The number of aliphatic carboxylic acids is 1. The van der Waals surface area contributed by atoms with Gasteiger partial charge in [-0.15, -0.1) is 0 Å². The average Bonchev–Trinajstić information content (AvgIpc) is 2.71. The number of carboxylic acids is 1. The summed E-state index contributed by atoms with van der Waals surface area (Å²) >= 11 is 0. The Bertz CT molecular complexity index is 429. The highest BCUT2D eigenvalue weighted by atomic mass is 16.4. The first kappa shape index (κ1) is 8.80. The molecular weight excluding hydrogens is 184 g/mol. The van der Waals surface area contributed by atoms with Crippen LogP contribution in [0.5, 0.6) is 0 Å². The Morgan fingerprint density at radius 3 is 2.86 bits per heavy atom. The maximum absolute atomic E-state index is 11.2. The number of nitrogens with zero attached hydrogens (tertiary/aromatic N) is 1. The summed E-state index contributed by atoms with van der Waals surface area (Å²) in [5.41, 5.74) is -0.203. The molecule has 0 saturated carbocycles. The molecule has 1 aliphatic carbocycles. The topological polar surface area (TPSA) is 75.1 Å². The zero-order chi connectivity index (χ0) is 10.1. The smallest absolute Gasteiger partial charge is 0.326 e. The first-order chi connectivity index (χ1) is 6.68. The lowest BCUT2D eigenvalue weighted by Gasteiger charge is -2.09. The molecule has 2 atom stereocenters. The summed E-state index contributed by atoms with van der Waals surface area (Å²) in [6.07, 6.45) is 7.01. The number of aromatic nitrogens is 2. The highest BCUT2D eigenvalue weighted by Gasteiger charge is 2.25. The third-order valence-electron chi connectivity index (χ3n) is 2.41. The lowest BCUT2D eigenvalue weighted by molar-refractivity contribution is -0.140. The van der Waals surface area contributed by atoms with Gasteiger partial charge in [-0.05, 0) is 6.42 Å². The Balaban J connectivity index is 2.19. The summed E-state index contributed by atoms with van der Waals surface area (Å²) in [6, 6.07) is -0.130. The summed E-state index contributed by atoms with van der Waals surface area (Å²) in [6.45, 7) is 0. The maximum atomic E-state index is 11.2. The molecule has 2 rings (SSSR count). The fraction of sp³-hybridized carbons (Fsp3) is 0.333. The number of hydrogen-bond acceptors (Lipinski definition) is 2. The van der Waals surface area contributed by atoms with Gasteiger partial charge in [-0.3, -0.25) is 9.36 Å². The van der Waals surface area contributed by atoms with Crippen molar-refractivity contribution < 1.29 is 9.90 Å². The van der Waals surface area contributed by atoms with Crippen molar-refractivity contribution in [1.29, 1.82) is 0 Å². The molecule has 0 spiro atoms. The molecule has 0 aromatic carbocycles. The van der Waals surface area contributed by atoms with Gasteiger partial charge in [-0.1, -0.05) is 12.2 Å². The maximum Gasteiger partial charge on any atom is 0.326 e. The first-order valence-corrected chi connectivity index (χ1v) is 4.35. The molecule has 5 heteroatoms. The molecule has 0 saturated heterocycles. The summed E-state index contributed by atoms with van der Waals surface area (Å²) in [5, 5.41) is 8.75. The zero-order valence-corrected chi connectivity index (χ0v) is 7.38. The fourth-order valence-electron chi connectivity index (χ4n) is 1.66. The van der Waals surface area contributed by atoms with E-state index < -0.39 is 11.9 Å². The Labute approximate surface area is 79.7 Å².